The summed E-state index contributed by atoms with van der Waals surface area (Å²) in [5.74, 6) is 0. The quantitative estimate of drug-likeness (QED) is 0.196. The molecule has 0 N–H and O–H groups in total. The van der Waals surface area contributed by atoms with Gasteiger partial charge in [-0.25, -0.2) is 0 Å². The van der Waals surface area contributed by atoms with Crippen LogP contribution in [0.1, 0.15) is 49.7 Å². The molecule has 1 nitrogen and oxygen atoms in total. The second-order valence-electron chi connectivity index (χ2n) is 7.18. The van der Waals surface area contributed by atoms with Crippen LogP contribution in [0.5, 0.6) is 0 Å². The van der Waals surface area contributed by atoms with Gasteiger partial charge in [0.15, 0.2) is 0 Å². The molecule has 27 heavy (non-hydrogen) atoms. The monoisotopic (exact) mass is 494 g/mol. The van der Waals surface area contributed by atoms with Gasteiger partial charge in [0.05, 0.1) is 0 Å². The van der Waals surface area contributed by atoms with E-state index < -0.39 is 0 Å². The molecule has 0 aliphatic carbocycles. The van der Waals surface area contributed by atoms with E-state index in [1.165, 1.54) is 36.8 Å². The summed E-state index contributed by atoms with van der Waals surface area (Å²) >= 11 is 7.62. The summed E-state index contributed by atoms with van der Waals surface area (Å²) in [5.41, 5.74) is 2.82. The van der Waals surface area contributed by atoms with Crippen molar-refractivity contribution in [2.45, 2.75) is 61.0 Å². The molecule has 0 radical (unpaired) electrons. The molecule has 3 heteroatoms. The first-order valence-corrected chi connectivity index (χ1v) is 12.0. The molecular weight excluding hydrogens is 464 g/mol. The average molecular weight is 496 g/mol. The molecule has 148 valence electrons. The van der Waals surface area contributed by atoms with E-state index in [0.717, 1.165) is 38.9 Å². The van der Waals surface area contributed by atoms with E-state index in [9.17, 15) is 0 Å². The van der Waals surface area contributed by atoms with E-state index in [2.05, 4.69) is 92.5 Å². The van der Waals surface area contributed by atoms with Crippen LogP contribution in [0.3, 0.4) is 0 Å². The molecular formula is C24H32Br2O. The molecule has 0 fully saturated rings. The van der Waals surface area contributed by atoms with E-state index in [0.29, 0.717) is 9.65 Å². The number of alkyl halides is 2. The number of hydrogen-bond acceptors (Lipinski definition) is 1. The maximum Gasteiger partial charge on any atom is 0.0466 e. The molecule has 2 rings (SSSR count). The zero-order valence-electron chi connectivity index (χ0n) is 16.2. The second-order valence-corrected chi connectivity index (χ2v) is 9.77. The lowest BCUT2D eigenvalue weighted by Gasteiger charge is -2.11. The van der Waals surface area contributed by atoms with Crippen LogP contribution in [0.25, 0.3) is 0 Å². The molecule has 0 aromatic heterocycles. The van der Waals surface area contributed by atoms with Crippen molar-refractivity contribution in [3.8, 4) is 0 Å². The maximum atomic E-state index is 5.80. The Bertz CT molecular complexity index is 534. The Morgan fingerprint density at radius 2 is 1.00 bits per heavy atom. The maximum absolute atomic E-state index is 5.80. The van der Waals surface area contributed by atoms with Crippen molar-refractivity contribution in [3.05, 3.63) is 71.8 Å². The lowest BCUT2D eigenvalue weighted by Crippen LogP contribution is -2.05. The molecule has 0 bridgehead atoms. The standard InChI is InChI=1S/C24H32Br2O/c25-23(19-21-11-3-1-4-12-21)15-7-9-17-27-18-10-8-16-24(26)20-22-13-5-2-6-14-22/h1-6,11-14,23-24H,7-10,15-20H2/t23-,24+. The molecule has 0 unspecified atom stereocenters. The van der Waals surface area contributed by atoms with E-state index in [-0.39, 0.29) is 0 Å². The van der Waals surface area contributed by atoms with Crippen LogP contribution in [0.15, 0.2) is 60.7 Å². The first-order chi connectivity index (χ1) is 13.2. The number of unbranched alkanes of at least 4 members (excludes halogenated alkanes) is 2. The first-order valence-electron chi connectivity index (χ1n) is 10.2. The molecule has 0 heterocycles. The van der Waals surface area contributed by atoms with E-state index >= 15 is 0 Å². The number of hydrogen-bond donors (Lipinski definition) is 0. The predicted octanol–water partition coefficient (Wildman–Crippen LogP) is 7.36. The molecule has 2 aromatic carbocycles. The second kappa shape index (κ2) is 14.4. The molecule has 0 amide bonds. The van der Waals surface area contributed by atoms with Crippen LogP contribution < -0.4 is 0 Å². The predicted molar refractivity (Wildman–Crippen MR) is 124 cm³/mol. The van der Waals surface area contributed by atoms with Crippen molar-refractivity contribution < 1.29 is 4.74 Å². The van der Waals surface area contributed by atoms with E-state index in [1.807, 2.05) is 0 Å². The molecule has 0 spiro atoms. The molecule has 0 saturated carbocycles. The highest BCUT2D eigenvalue weighted by molar-refractivity contribution is 9.09. The fourth-order valence-corrected chi connectivity index (χ4v) is 4.58. The molecule has 2 aromatic rings. The van der Waals surface area contributed by atoms with Crippen molar-refractivity contribution in [3.63, 3.8) is 0 Å². The largest absolute Gasteiger partial charge is 0.381 e. The highest BCUT2D eigenvalue weighted by Gasteiger charge is 2.06. The van der Waals surface area contributed by atoms with Crippen molar-refractivity contribution in [2.24, 2.45) is 0 Å². The van der Waals surface area contributed by atoms with Gasteiger partial charge in [0.25, 0.3) is 0 Å². The van der Waals surface area contributed by atoms with Crippen molar-refractivity contribution in [2.75, 3.05) is 13.2 Å². The lowest BCUT2D eigenvalue weighted by atomic mass is 10.1. The fourth-order valence-electron chi connectivity index (χ4n) is 3.19. The number of benzene rings is 2. The number of ether oxygens (including phenoxy) is 1. The van der Waals surface area contributed by atoms with Crippen LogP contribution in [0.4, 0.5) is 0 Å². The third-order valence-electron chi connectivity index (χ3n) is 4.71. The highest BCUT2D eigenvalue weighted by Crippen LogP contribution is 2.17. The smallest absolute Gasteiger partial charge is 0.0466 e. The highest BCUT2D eigenvalue weighted by atomic mass is 79.9. The van der Waals surface area contributed by atoms with Gasteiger partial charge in [-0.3, -0.25) is 0 Å². The van der Waals surface area contributed by atoms with Crippen molar-refractivity contribution in [1.29, 1.82) is 0 Å². The molecule has 0 aliphatic heterocycles. The topological polar surface area (TPSA) is 9.23 Å². The Hall–Kier alpha value is -0.640. The zero-order chi connectivity index (χ0) is 19.2. The SMILES string of the molecule is Br[C@H](CCCCOCCCC[C@H](Br)Cc1ccccc1)Cc1ccccc1. The first kappa shape index (κ1) is 22.6. The van der Waals surface area contributed by atoms with Gasteiger partial charge in [-0.05, 0) is 49.7 Å². The number of halogens is 2. The van der Waals surface area contributed by atoms with Gasteiger partial charge >= 0.3 is 0 Å². The summed E-state index contributed by atoms with van der Waals surface area (Å²) in [6, 6.07) is 21.4. The van der Waals surface area contributed by atoms with Gasteiger partial charge < -0.3 is 4.74 Å². The number of rotatable bonds is 14. The van der Waals surface area contributed by atoms with Crippen LogP contribution in [-0.2, 0) is 17.6 Å². The minimum absolute atomic E-state index is 0.570. The van der Waals surface area contributed by atoms with E-state index in [4.69, 9.17) is 4.74 Å². The summed E-state index contributed by atoms with van der Waals surface area (Å²) in [4.78, 5) is 1.14. The van der Waals surface area contributed by atoms with Gasteiger partial charge in [0.2, 0.25) is 0 Å². The van der Waals surface area contributed by atoms with Gasteiger partial charge in [0.1, 0.15) is 0 Å². The van der Waals surface area contributed by atoms with E-state index in [1.54, 1.807) is 0 Å². The molecule has 0 saturated heterocycles. The molecule has 2 atom stereocenters. The van der Waals surface area contributed by atoms with Gasteiger partial charge in [-0.15, -0.1) is 0 Å². The minimum Gasteiger partial charge on any atom is -0.381 e. The Labute approximate surface area is 182 Å². The molecule has 0 aliphatic rings. The summed E-state index contributed by atoms with van der Waals surface area (Å²) in [5, 5.41) is 0. The summed E-state index contributed by atoms with van der Waals surface area (Å²) in [6.07, 6.45) is 9.41. The van der Waals surface area contributed by atoms with Gasteiger partial charge in [-0.2, -0.15) is 0 Å². The van der Waals surface area contributed by atoms with Crippen molar-refractivity contribution in [1.82, 2.24) is 0 Å². The Morgan fingerprint density at radius 3 is 1.41 bits per heavy atom. The van der Waals surface area contributed by atoms with Crippen LogP contribution in [0, 0.1) is 0 Å². The Kier molecular flexibility index (Phi) is 12.1. The van der Waals surface area contributed by atoms with Gasteiger partial charge in [0, 0.05) is 22.9 Å². The normalized spacial score (nSPS) is 13.4. The average Bonchev–Trinajstić information content (AvgIpc) is 2.68. The third-order valence-corrected chi connectivity index (χ3v) is 6.28. The summed E-state index contributed by atoms with van der Waals surface area (Å²) in [7, 11) is 0. The fraction of sp³-hybridized carbons (Fsp3) is 0.500. The Morgan fingerprint density at radius 1 is 0.593 bits per heavy atom. The van der Waals surface area contributed by atoms with Gasteiger partial charge in [-0.1, -0.05) is 105 Å². The van der Waals surface area contributed by atoms with Crippen molar-refractivity contribution >= 4 is 31.9 Å². The Balaban J connectivity index is 1.39. The summed E-state index contributed by atoms with van der Waals surface area (Å²) < 4.78 is 5.80. The lowest BCUT2D eigenvalue weighted by molar-refractivity contribution is 0.126. The minimum atomic E-state index is 0.570. The van der Waals surface area contributed by atoms with Crippen LogP contribution in [0.2, 0.25) is 0 Å². The third kappa shape index (κ3) is 11.1. The summed E-state index contributed by atoms with van der Waals surface area (Å²) in [6.45, 7) is 1.79. The van der Waals surface area contributed by atoms with Crippen LogP contribution >= 0.6 is 31.9 Å². The zero-order valence-corrected chi connectivity index (χ0v) is 19.3. The van der Waals surface area contributed by atoms with Crippen LogP contribution in [-0.4, -0.2) is 22.9 Å².